The zero-order valence-electron chi connectivity index (χ0n) is 13.2. The molecular weight excluding hydrogens is 336 g/mol. The normalized spacial score (nSPS) is 23.9. The van der Waals surface area contributed by atoms with Crippen molar-refractivity contribution in [2.45, 2.75) is 36.5 Å². The minimum absolute atomic E-state index is 0.00807. The number of ether oxygens (including phenoxy) is 1. The summed E-state index contributed by atoms with van der Waals surface area (Å²) in [5, 5.41) is 0. The summed E-state index contributed by atoms with van der Waals surface area (Å²) in [5.41, 5.74) is 0. The summed E-state index contributed by atoms with van der Waals surface area (Å²) in [7, 11) is -3.45. The third-order valence-electron chi connectivity index (χ3n) is 4.28. The second kappa shape index (κ2) is 6.88. The van der Waals surface area contributed by atoms with Crippen LogP contribution >= 0.6 is 11.3 Å². The molecule has 0 aliphatic carbocycles. The molecule has 3 heterocycles. The van der Waals surface area contributed by atoms with Gasteiger partial charge in [-0.1, -0.05) is 0 Å². The maximum absolute atomic E-state index is 12.7. The second-order valence-corrected chi connectivity index (χ2v) is 9.40. The highest BCUT2D eigenvalue weighted by Gasteiger charge is 2.32. The van der Waals surface area contributed by atoms with Gasteiger partial charge in [0, 0.05) is 37.7 Å². The van der Waals surface area contributed by atoms with Crippen molar-refractivity contribution in [1.29, 1.82) is 0 Å². The lowest BCUT2D eigenvalue weighted by Crippen LogP contribution is -2.41. The smallest absolute Gasteiger partial charge is 0.252 e. The fourth-order valence-electron chi connectivity index (χ4n) is 3.01. The Bertz CT molecular complexity index is 665. The standard InChI is InChI=1S/C15H22N2O4S2/c1-12-5-6-14(22-12)23(19,20)17-8-3-7-16(9-10-17)15(18)13-4-2-11-21-13/h5-6,13H,2-4,7-11H2,1H3. The fourth-order valence-corrected chi connectivity index (χ4v) is 5.92. The number of carbonyl (C=O) groups is 1. The molecule has 23 heavy (non-hydrogen) atoms. The highest BCUT2D eigenvalue weighted by atomic mass is 32.2. The van der Waals surface area contributed by atoms with Gasteiger partial charge in [-0.3, -0.25) is 4.79 Å². The lowest BCUT2D eigenvalue weighted by molar-refractivity contribution is -0.140. The summed E-state index contributed by atoms with van der Waals surface area (Å²) < 4.78 is 32.7. The number of aryl methyl sites for hydroxylation is 1. The molecule has 2 saturated heterocycles. The first-order valence-electron chi connectivity index (χ1n) is 7.95. The topological polar surface area (TPSA) is 66.9 Å². The van der Waals surface area contributed by atoms with Crippen LogP contribution in [0.25, 0.3) is 0 Å². The molecule has 2 fully saturated rings. The van der Waals surface area contributed by atoms with Gasteiger partial charge in [-0.25, -0.2) is 8.42 Å². The molecule has 0 radical (unpaired) electrons. The molecule has 2 aliphatic heterocycles. The minimum Gasteiger partial charge on any atom is -0.368 e. The van der Waals surface area contributed by atoms with Gasteiger partial charge in [0.05, 0.1) is 0 Å². The van der Waals surface area contributed by atoms with E-state index in [0.29, 0.717) is 43.4 Å². The molecule has 6 nitrogen and oxygen atoms in total. The second-order valence-electron chi connectivity index (χ2n) is 5.95. The van der Waals surface area contributed by atoms with Gasteiger partial charge < -0.3 is 9.64 Å². The highest BCUT2D eigenvalue weighted by molar-refractivity contribution is 7.91. The van der Waals surface area contributed by atoms with Crippen LogP contribution in [0.4, 0.5) is 0 Å². The fraction of sp³-hybridized carbons (Fsp3) is 0.667. The van der Waals surface area contributed by atoms with E-state index < -0.39 is 10.0 Å². The third kappa shape index (κ3) is 3.60. The van der Waals surface area contributed by atoms with Gasteiger partial charge in [0.15, 0.2) is 0 Å². The number of rotatable bonds is 3. The van der Waals surface area contributed by atoms with Crippen LogP contribution in [-0.4, -0.2) is 62.4 Å². The van der Waals surface area contributed by atoms with E-state index in [1.165, 1.54) is 15.6 Å². The van der Waals surface area contributed by atoms with Crippen molar-refractivity contribution in [3.8, 4) is 0 Å². The SMILES string of the molecule is Cc1ccc(S(=O)(=O)N2CCCN(C(=O)C3CCCO3)CC2)s1. The molecule has 0 N–H and O–H groups in total. The van der Waals surface area contributed by atoms with Crippen LogP contribution in [0.1, 0.15) is 24.1 Å². The molecule has 0 spiro atoms. The first-order chi connectivity index (χ1) is 11.0. The number of thiophene rings is 1. The largest absolute Gasteiger partial charge is 0.368 e. The summed E-state index contributed by atoms with van der Waals surface area (Å²) >= 11 is 1.29. The Morgan fingerprint density at radius 1 is 1.22 bits per heavy atom. The van der Waals surface area contributed by atoms with Crippen LogP contribution < -0.4 is 0 Å². The number of sulfonamides is 1. The van der Waals surface area contributed by atoms with Crippen molar-refractivity contribution in [3.63, 3.8) is 0 Å². The molecule has 8 heteroatoms. The molecular formula is C15H22N2O4S2. The Kier molecular flexibility index (Phi) is 5.05. The Labute approximate surface area is 141 Å². The van der Waals surface area contributed by atoms with E-state index >= 15 is 0 Å². The molecule has 0 aromatic carbocycles. The first-order valence-corrected chi connectivity index (χ1v) is 10.2. The van der Waals surface area contributed by atoms with Crippen molar-refractivity contribution in [1.82, 2.24) is 9.21 Å². The number of hydrogen-bond donors (Lipinski definition) is 0. The molecule has 128 valence electrons. The monoisotopic (exact) mass is 358 g/mol. The van der Waals surface area contributed by atoms with Crippen LogP contribution in [-0.2, 0) is 19.6 Å². The predicted octanol–water partition coefficient (Wildman–Crippen LogP) is 1.46. The van der Waals surface area contributed by atoms with E-state index in [1.807, 2.05) is 13.0 Å². The van der Waals surface area contributed by atoms with Crippen LogP contribution in [0.2, 0.25) is 0 Å². The molecule has 3 rings (SSSR count). The van der Waals surface area contributed by atoms with Gasteiger partial charge in [-0.2, -0.15) is 4.31 Å². The molecule has 1 aromatic rings. The highest BCUT2D eigenvalue weighted by Crippen LogP contribution is 2.25. The zero-order valence-corrected chi connectivity index (χ0v) is 14.9. The first kappa shape index (κ1) is 16.9. The molecule has 0 bridgehead atoms. The lowest BCUT2D eigenvalue weighted by atomic mass is 10.2. The molecule has 0 saturated carbocycles. The van der Waals surface area contributed by atoms with Crippen molar-refractivity contribution in [2.24, 2.45) is 0 Å². The number of amides is 1. The predicted molar refractivity (Wildman–Crippen MR) is 88.0 cm³/mol. The molecule has 1 atom stereocenters. The number of nitrogens with zero attached hydrogens (tertiary/aromatic N) is 2. The summed E-state index contributed by atoms with van der Waals surface area (Å²) in [6.45, 7) is 4.36. The average molecular weight is 358 g/mol. The molecule has 1 unspecified atom stereocenters. The van der Waals surface area contributed by atoms with E-state index in [-0.39, 0.29) is 12.0 Å². The van der Waals surface area contributed by atoms with Crippen LogP contribution in [0.5, 0.6) is 0 Å². The van der Waals surface area contributed by atoms with Gasteiger partial charge in [0.25, 0.3) is 15.9 Å². The molecule has 2 aliphatic rings. The lowest BCUT2D eigenvalue weighted by Gasteiger charge is -2.23. The minimum atomic E-state index is -3.45. The van der Waals surface area contributed by atoms with Gasteiger partial charge in [0.1, 0.15) is 10.3 Å². The van der Waals surface area contributed by atoms with Crippen LogP contribution in [0.3, 0.4) is 0 Å². The maximum Gasteiger partial charge on any atom is 0.252 e. The van der Waals surface area contributed by atoms with E-state index in [0.717, 1.165) is 17.7 Å². The quantitative estimate of drug-likeness (QED) is 0.820. The van der Waals surface area contributed by atoms with Crippen LogP contribution in [0.15, 0.2) is 16.3 Å². The Hall–Kier alpha value is -0.960. The number of hydrogen-bond acceptors (Lipinski definition) is 5. The van der Waals surface area contributed by atoms with E-state index in [2.05, 4.69) is 0 Å². The van der Waals surface area contributed by atoms with Gasteiger partial charge in [0.2, 0.25) is 0 Å². The van der Waals surface area contributed by atoms with Gasteiger partial charge in [-0.05, 0) is 38.3 Å². The number of carbonyl (C=O) groups excluding carboxylic acids is 1. The van der Waals surface area contributed by atoms with E-state index in [4.69, 9.17) is 4.74 Å². The maximum atomic E-state index is 12.7. The third-order valence-corrected chi connectivity index (χ3v) is 7.65. The van der Waals surface area contributed by atoms with E-state index in [1.54, 1.807) is 11.0 Å². The van der Waals surface area contributed by atoms with Crippen molar-refractivity contribution >= 4 is 27.3 Å². The zero-order chi connectivity index (χ0) is 16.4. The summed E-state index contributed by atoms with van der Waals surface area (Å²) in [5.74, 6) is 0.00807. The summed E-state index contributed by atoms with van der Waals surface area (Å²) in [4.78, 5) is 15.2. The van der Waals surface area contributed by atoms with Crippen molar-refractivity contribution in [3.05, 3.63) is 17.0 Å². The van der Waals surface area contributed by atoms with Gasteiger partial charge >= 0.3 is 0 Å². The van der Waals surface area contributed by atoms with Gasteiger partial charge in [-0.15, -0.1) is 11.3 Å². The van der Waals surface area contributed by atoms with Crippen LogP contribution in [0, 0.1) is 6.92 Å². The Balaban J connectivity index is 1.67. The average Bonchev–Trinajstić information content (AvgIpc) is 3.13. The van der Waals surface area contributed by atoms with Crippen molar-refractivity contribution < 1.29 is 17.9 Å². The molecule has 1 aromatic heterocycles. The summed E-state index contributed by atoms with van der Waals surface area (Å²) in [6, 6.07) is 3.48. The Morgan fingerprint density at radius 2 is 2.04 bits per heavy atom. The van der Waals surface area contributed by atoms with E-state index in [9.17, 15) is 13.2 Å². The molecule has 1 amide bonds. The van der Waals surface area contributed by atoms with Crippen molar-refractivity contribution in [2.75, 3.05) is 32.8 Å². The Morgan fingerprint density at radius 3 is 2.70 bits per heavy atom. The summed E-state index contributed by atoms with van der Waals surface area (Å²) in [6.07, 6.45) is 2.01.